The molecule has 2 rings (SSSR count). The van der Waals surface area contributed by atoms with Crippen LogP contribution in [0.5, 0.6) is 0 Å². The largest absolute Gasteiger partial charge is 0.258 e. The van der Waals surface area contributed by atoms with Gasteiger partial charge in [0.2, 0.25) is 10.0 Å². The van der Waals surface area contributed by atoms with Crippen LogP contribution in [-0.4, -0.2) is 13.4 Å². The summed E-state index contributed by atoms with van der Waals surface area (Å²) in [6, 6.07) is 7.06. The minimum atomic E-state index is -3.45. The van der Waals surface area contributed by atoms with Crippen LogP contribution in [0, 0.1) is 13.8 Å². The molecule has 0 amide bonds. The molecule has 102 valence electrons. The van der Waals surface area contributed by atoms with Crippen molar-refractivity contribution < 1.29 is 8.42 Å². The molecule has 0 unspecified atom stereocenters. The van der Waals surface area contributed by atoms with Crippen LogP contribution < -0.4 is 4.72 Å². The smallest absolute Gasteiger partial charge is 0.250 e. The fraction of sp³-hybridized carbons (Fsp3) is 0.250. The maximum atomic E-state index is 12.1. The molecule has 0 aliphatic rings. The molecular formula is C12H13BrN2O2S2. The molecule has 2 aromatic heterocycles. The molecule has 0 saturated carbocycles. The van der Waals surface area contributed by atoms with Crippen molar-refractivity contribution in [2.24, 2.45) is 0 Å². The number of rotatable bonds is 4. The minimum absolute atomic E-state index is 0.266. The second kappa shape index (κ2) is 5.70. The summed E-state index contributed by atoms with van der Waals surface area (Å²) in [5.74, 6) is 0. The number of thiophene rings is 1. The third-order valence-corrected chi connectivity index (χ3v) is 5.94. The number of aryl methyl sites for hydroxylation is 2. The van der Waals surface area contributed by atoms with E-state index in [1.807, 2.05) is 26.0 Å². The van der Waals surface area contributed by atoms with Gasteiger partial charge in [0.15, 0.2) is 0 Å². The normalized spacial score (nSPS) is 11.7. The molecule has 1 N–H and O–H groups in total. The Labute approximate surface area is 125 Å². The molecule has 0 atom stereocenters. The van der Waals surface area contributed by atoms with Crippen molar-refractivity contribution in [3.05, 3.63) is 45.0 Å². The summed E-state index contributed by atoms with van der Waals surface area (Å²) in [5, 5.41) is 0. The SMILES string of the molecule is Cc1cc(CNS(=O)(=O)c2ccc(Br)s2)cc(C)n1. The highest BCUT2D eigenvalue weighted by Gasteiger charge is 2.16. The summed E-state index contributed by atoms with van der Waals surface area (Å²) in [7, 11) is -3.45. The Kier molecular flexibility index (Phi) is 4.39. The minimum Gasteiger partial charge on any atom is -0.258 e. The summed E-state index contributed by atoms with van der Waals surface area (Å²) in [4.78, 5) is 4.26. The topological polar surface area (TPSA) is 59.1 Å². The molecule has 2 aromatic rings. The summed E-state index contributed by atoms with van der Waals surface area (Å²) in [5.41, 5.74) is 2.67. The van der Waals surface area contributed by atoms with Crippen molar-refractivity contribution in [1.29, 1.82) is 0 Å². The molecule has 0 radical (unpaired) electrons. The Hall–Kier alpha value is -0.760. The first-order valence-corrected chi connectivity index (χ1v) is 8.65. The average molecular weight is 361 g/mol. The number of hydrogen-bond acceptors (Lipinski definition) is 4. The quantitative estimate of drug-likeness (QED) is 0.911. The van der Waals surface area contributed by atoms with Crippen LogP contribution in [0.25, 0.3) is 0 Å². The van der Waals surface area contributed by atoms with Crippen LogP contribution in [0.4, 0.5) is 0 Å². The number of nitrogens with zero attached hydrogens (tertiary/aromatic N) is 1. The van der Waals surface area contributed by atoms with Gasteiger partial charge in [-0.15, -0.1) is 11.3 Å². The van der Waals surface area contributed by atoms with Crippen LogP contribution in [-0.2, 0) is 16.6 Å². The number of halogens is 1. The molecule has 0 fully saturated rings. The summed E-state index contributed by atoms with van der Waals surface area (Å²) < 4.78 is 27.8. The van der Waals surface area contributed by atoms with Crippen molar-refractivity contribution >= 4 is 37.3 Å². The van der Waals surface area contributed by atoms with Gasteiger partial charge in [-0.1, -0.05) is 0 Å². The first kappa shape index (κ1) is 14.6. The van der Waals surface area contributed by atoms with Crippen molar-refractivity contribution in [3.63, 3.8) is 0 Å². The molecule has 19 heavy (non-hydrogen) atoms. The lowest BCUT2D eigenvalue weighted by atomic mass is 10.2. The predicted molar refractivity (Wildman–Crippen MR) is 79.8 cm³/mol. The monoisotopic (exact) mass is 360 g/mol. The molecule has 0 saturated heterocycles. The van der Waals surface area contributed by atoms with Gasteiger partial charge < -0.3 is 0 Å². The maximum absolute atomic E-state index is 12.1. The van der Waals surface area contributed by atoms with Gasteiger partial charge in [0.1, 0.15) is 4.21 Å². The average Bonchev–Trinajstić information content (AvgIpc) is 2.73. The van der Waals surface area contributed by atoms with Crippen molar-refractivity contribution in [3.8, 4) is 0 Å². The van der Waals surface area contributed by atoms with E-state index in [0.717, 1.165) is 20.7 Å². The first-order chi connectivity index (χ1) is 8.87. The predicted octanol–water partition coefficient (Wildman–Crippen LogP) is 3.00. The van der Waals surface area contributed by atoms with Gasteiger partial charge >= 0.3 is 0 Å². The highest BCUT2D eigenvalue weighted by molar-refractivity contribution is 9.11. The molecule has 0 aromatic carbocycles. The lowest BCUT2D eigenvalue weighted by Crippen LogP contribution is -2.22. The fourth-order valence-corrected chi connectivity index (χ4v) is 4.79. The van der Waals surface area contributed by atoms with E-state index in [4.69, 9.17) is 0 Å². The van der Waals surface area contributed by atoms with Crippen LogP contribution in [0.15, 0.2) is 32.3 Å². The van der Waals surface area contributed by atoms with Gasteiger partial charge in [0.25, 0.3) is 0 Å². The van der Waals surface area contributed by atoms with E-state index < -0.39 is 10.0 Å². The third-order valence-electron chi connectivity index (χ3n) is 2.42. The standard InChI is InChI=1S/C12H13BrN2O2S2/c1-8-5-10(6-9(2)15-8)7-14-19(16,17)12-4-3-11(13)18-12/h3-6,14H,7H2,1-2H3. The second-order valence-electron chi connectivity index (χ2n) is 4.14. The zero-order valence-electron chi connectivity index (χ0n) is 10.5. The zero-order chi connectivity index (χ0) is 14.0. The number of pyridine rings is 1. The molecule has 4 nitrogen and oxygen atoms in total. The fourth-order valence-electron chi connectivity index (χ4n) is 1.71. The number of hydrogen-bond donors (Lipinski definition) is 1. The summed E-state index contributed by atoms with van der Waals surface area (Å²) in [6.07, 6.45) is 0. The van der Waals surface area contributed by atoms with Crippen molar-refractivity contribution in [1.82, 2.24) is 9.71 Å². The summed E-state index contributed by atoms with van der Waals surface area (Å²) >= 11 is 4.45. The van der Waals surface area contributed by atoms with E-state index in [0.29, 0.717) is 4.21 Å². The van der Waals surface area contributed by atoms with Crippen molar-refractivity contribution in [2.45, 2.75) is 24.6 Å². The van der Waals surface area contributed by atoms with Gasteiger partial charge in [-0.2, -0.15) is 0 Å². The molecule has 0 aliphatic carbocycles. The molecule has 0 bridgehead atoms. The van der Waals surface area contributed by atoms with Crippen LogP contribution in [0.3, 0.4) is 0 Å². The van der Waals surface area contributed by atoms with E-state index >= 15 is 0 Å². The van der Waals surface area contributed by atoms with Gasteiger partial charge in [-0.3, -0.25) is 4.98 Å². The Morgan fingerprint density at radius 3 is 2.42 bits per heavy atom. The Morgan fingerprint density at radius 2 is 1.89 bits per heavy atom. The number of aromatic nitrogens is 1. The Morgan fingerprint density at radius 1 is 1.26 bits per heavy atom. The summed E-state index contributed by atoms with van der Waals surface area (Å²) in [6.45, 7) is 4.05. The Balaban J connectivity index is 2.14. The molecule has 0 spiro atoms. The van der Waals surface area contributed by atoms with Crippen LogP contribution >= 0.6 is 27.3 Å². The highest BCUT2D eigenvalue weighted by atomic mass is 79.9. The lowest BCUT2D eigenvalue weighted by molar-refractivity contribution is 0.583. The third kappa shape index (κ3) is 3.85. The number of sulfonamides is 1. The van der Waals surface area contributed by atoms with Crippen molar-refractivity contribution in [2.75, 3.05) is 0 Å². The molecule has 0 aliphatic heterocycles. The molecule has 2 heterocycles. The zero-order valence-corrected chi connectivity index (χ0v) is 13.7. The van der Waals surface area contributed by atoms with E-state index in [1.54, 1.807) is 12.1 Å². The van der Waals surface area contributed by atoms with Gasteiger partial charge in [-0.25, -0.2) is 13.1 Å². The van der Waals surface area contributed by atoms with E-state index in [-0.39, 0.29) is 6.54 Å². The van der Waals surface area contributed by atoms with Gasteiger partial charge in [-0.05, 0) is 59.6 Å². The highest BCUT2D eigenvalue weighted by Crippen LogP contribution is 2.25. The van der Waals surface area contributed by atoms with E-state index in [1.165, 1.54) is 11.3 Å². The maximum Gasteiger partial charge on any atom is 0.250 e. The van der Waals surface area contributed by atoms with Gasteiger partial charge in [0.05, 0.1) is 3.79 Å². The first-order valence-electron chi connectivity index (χ1n) is 5.56. The molecule has 7 heteroatoms. The molecular weight excluding hydrogens is 348 g/mol. The van der Waals surface area contributed by atoms with Gasteiger partial charge in [0, 0.05) is 17.9 Å². The van der Waals surface area contributed by atoms with E-state index in [9.17, 15) is 8.42 Å². The number of nitrogens with one attached hydrogen (secondary N) is 1. The lowest BCUT2D eigenvalue weighted by Gasteiger charge is -2.06. The second-order valence-corrected chi connectivity index (χ2v) is 8.60. The van der Waals surface area contributed by atoms with Crippen LogP contribution in [0.1, 0.15) is 17.0 Å². The van der Waals surface area contributed by atoms with E-state index in [2.05, 4.69) is 25.6 Å². The van der Waals surface area contributed by atoms with Crippen LogP contribution in [0.2, 0.25) is 0 Å². The Bertz CT molecular complexity index is 675.